The Morgan fingerprint density at radius 1 is 1.31 bits per heavy atom. The van der Waals surface area contributed by atoms with Crippen molar-refractivity contribution in [3.8, 4) is 23.5 Å². The topological polar surface area (TPSA) is 98.7 Å². The van der Waals surface area contributed by atoms with E-state index in [0.717, 1.165) is 10.6 Å². The Kier molecular flexibility index (Phi) is 4.58. The van der Waals surface area contributed by atoms with Crippen LogP contribution in [0.2, 0.25) is 0 Å². The van der Waals surface area contributed by atoms with Crippen LogP contribution in [-0.4, -0.2) is 39.2 Å². The highest BCUT2D eigenvalue weighted by Gasteiger charge is 2.66. The Labute approximate surface area is 182 Å². The summed E-state index contributed by atoms with van der Waals surface area (Å²) in [5, 5.41) is 31.1. The lowest BCUT2D eigenvalue weighted by molar-refractivity contribution is -0.141. The van der Waals surface area contributed by atoms with Gasteiger partial charge in [-0.25, -0.2) is 0 Å². The first-order valence-electron chi connectivity index (χ1n) is 10.0. The number of rotatable bonds is 3. The van der Waals surface area contributed by atoms with Crippen molar-refractivity contribution >= 4 is 5.91 Å². The molecule has 2 N–H and O–H groups in total. The van der Waals surface area contributed by atoms with Crippen LogP contribution in [0, 0.1) is 17.2 Å². The third kappa shape index (κ3) is 2.73. The summed E-state index contributed by atoms with van der Waals surface area (Å²) in [6.07, 6.45) is -4.55. The normalized spacial score (nSPS) is 26.1. The molecule has 1 amide bonds. The largest absolute Gasteiger partial charge is 0.494 e. The minimum atomic E-state index is -4.80. The zero-order valence-corrected chi connectivity index (χ0v) is 17.9. The van der Waals surface area contributed by atoms with E-state index in [0.29, 0.717) is 12.6 Å². The van der Waals surface area contributed by atoms with Crippen molar-refractivity contribution in [2.24, 2.45) is 5.92 Å². The van der Waals surface area contributed by atoms with E-state index in [1.807, 2.05) is 6.92 Å². The van der Waals surface area contributed by atoms with E-state index in [9.17, 15) is 28.2 Å². The monoisotopic (exact) mass is 449 g/mol. The average Bonchev–Trinajstić information content (AvgIpc) is 3.26. The van der Waals surface area contributed by atoms with E-state index < -0.39 is 46.2 Å². The predicted molar refractivity (Wildman–Crippen MR) is 106 cm³/mol. The second kappa shape index (κ2) is 6.65. The average molecular weight is 449 g/mol. The molecule has 0 unspecified atom stereocenters. The summed E-state index contributed by atoms with van der Waals surface area (Å²) in [4.78, 5) is 14.5. The van der Waals surface area contributed by atoms with E-state index in [1.165, 1.54) is 17.0 Å². The van der Waals surface area contributed by atoms with Gasteiger partial charge in [0, 0.05) is 13.6 Å². The van der Waals surface area contributed by atoms with Crippen molar-refractivity contribution in [2.75, 3.05) is 13.6 Å². The fraction of sp³-hybridized carbons (Fsp3) is 0.455. The molecule has 0 aliphatic carbocycles. The molecular formula is C22H22F3N3O4. The zero-order valence-electron chi connectivity index (χ0n) is 17.9. The number of hydrogen-bond acceptors (Lipinski definition) is 5. The van der Waals surface area contributed by atoms with Crippen LogP contribution in [0.4, 0.5) is 13.2 Å². The summed E-state index contributed by atoms with van der Waals surface area (Å²) in [6, 6.07) is 4.40. The van der Waals surface area contributed by atoms with Crippen LogP contribution in [0.5, 0.6) is 11.8 Å². The van der Waals surface area contributed by atoms with Crippen molar-refractivity contribution in [3.05, 3.63) is 40.5 Å². The van der Waals surface area contributed by atoms with Crippen molar-refractivity contribution in [3.63, 3.8) is 0 Å². The number of carbonyl (C=O) groups excluding carboxylic acids is 1. The summed E-state index contributed by atoms with van der Waals surface area (Å²) in [5.74, 6) is -1.79. The van der Waals surface area contributed by atoms with Crippen molar-refractivity contribution in [1.82, 2.24) is 9.47 Å². The highest BCUT2D eigenvalue weighted by atomic mass is 19.4. The molecule has 32 heavy (non-hydrogen) atoms. The van der Waals surface area contributed by atoms with Gasteiger partial charge in [0.15, 0.2) is 0 Å². The molecule has 0 radical (unpaired) electrons. The minimum Gasteiger partial charge on any atom is -0.494 e. The summed E-state index contributed by atoms with van der Waals surface area (Å²) < 4.78 is 47.4. The molecule has 7 nitrogen and oxygen atoms in total. The number of ether oxygens (including phenoxy) is 1. The number of nitrogens with zero attached hydrogens (tertiary/aromatic N) is 3. The Morgan fingerprint density at radius 2 is 1.94 bits per heavy atom. The molecule has 2 aliphatic heterocycles. The van der Waals surface area contributed by atoms with Crippen LogP contribution >= 0.6 is 0 Å². The number of amides is 1. The van der Waals surface area contributed by atoms with E-state index in [-0.39, 0.29) is 29.1 Å². The molecule has 1 aromatic heterocycles. The molecule has 0 saturated carbocycles. The molecular weight excluding hydrogens is 427 g/mol. The Bertz CT molecular complexity index is 1180. The molecule has 170 valence electrons. The maximum absolute atomic E-state index is 13.5. The molecule has 3 atom stereocenters. The molecule has 1 fully saturated rings. The van der Waals surface area contributed by atoms with Gasteiger partial charge in [-0.1, -0.05) is 0 Å². The van der Waals surface area contributed by atoms with Gasteiger partial charge in [0.2, 0.25) is 17.7 Å². The lowest BCUT2D eigenvalue weighted by Crippen LogP contribution is -2.42. The van der Waals surface area contributed by atoms with Crippen LogP contribution in [0.3, 0.4) is 0 Å². The van der Waals surface area contributed by atoms with Gasteiger partial charge in [-0.2, -0.15) is 18.4 Å². The van der Waals surface area contributed by atoms with E-state index in [1.54, 1.807) is 20.9 Å². The summed E-state index contributed by atoms with van der Waals surface area (Å²) in [7, 11) is 1.65. The molecule has 3 heterocycles. The number of halogens is 3. The van der Waals surface area contributed by atoms with Gasteiger partial charge >= 0.3 is 6.18 Å². The second-order valence-corrected chi connectivity index (χ2v) is 8.62. The minimum absolute atomic E-state index is 0.166. The van der Waals surface area contributed by atoms with Crippen molar-refractivity contribution in [1.29, 1.82) is 5.26 Å². The number of nitriles is 1. The van der Waals surface area contributed by atoms with Gasteiger partial charge in [0.1, 0.15) is 5.60 Å². The van der Waals surface area contributed by atoms with Gasteiger partial charge in [0.05, 0.1) is 45.5 Å². The van der Waals surface area contributed by atoms with Gasteiger partial charge in [-0.3, -0.25) is 9.36 Å². The van der Waals surface area contributed by atoms with Gasteiger partial charge in [0.25, 0.3) is 0 Å². The third-order valence-corrected chi connectivity index (χ3v) is 6.68. The van der Waals surface area contributed by atoms with Crippen molar-refractivity contribution in [2.45, 2.75) is 44.6 Å². The highest BCUT2D eigenvalue weighted by molar-refractivity contribution is 5.82. The van der Waals surface area contributed by atoms with Crippen LogP contribution in [0.15, 0.2) is 18.2 Å². The molecule has 10 heteroatoms. The van der Waals surface area contributed by atoms with E-state index in [2.05, 4.69) is 0 Å². The third-order valence-electron chi connectivity index (χ3n) is 6.68. The number of alkyl halides is 3. The van der Waals surface area contributed by atoms with Gasteiger partial charge in [-0.05, 0) is 45.4 Å². The SMILES string of the molecule is CCN(C)C(=O)[C@@H]1C[C@@]2(C)O[C@]1(C)c1c2c(O)n(-c2ccc(C#N)c(C(F)(F)F)c2)c1O. The first-order valence-corrected chi connectivity index (χ1v) is 10.0. The molecule has 1 saturated heterocycles. The standard InChI is InChI=1S/C22H22F3N3O4/c1-5-27(4)17(29)14-9-20(2)15-16(21(14,3)32-20)19(31)28(18(15)30)12-7-6-11(10-26)13(8-12)22(23,24)25/h6-8,14,30-31H,5,9H2,1-4H3/t14-,20+,21-/m0/s1. The highest BCUT2D eigenvalue weighted by Crippen LogP contribution is 2.66. The number of hydrogen-bond donors (Lipinski definition) is 2. The van der Waals surface area contributed by atoms with Gasteiger partial charge < -0.3 is 19.8 Å². The summed E-state index contributed by atoms with van der Waals surface area (Å²) in [5.41, 5.74) is -3.86. The Morgan fingerprint density at radius 3 is 2.50 bits per heavy atom. The van der Waals surface area contributed by atoms with Gasteiger partial charge in [-0.15, -0.1) is 0 Å². The van der Waals surface area contributed by atoms with Crippen molar-refractivity contribution < 1.29 is 32.9 Å². The quantitative estimate of drug-likeness (QED) is 0.744. The maximum atomic E-state index is 13.5. The zero-order chi connectivity index (χ0) is 23.8. The van der Waals surface area contributed by atoms with Crippen LogP contribution in [-0.2, 0) is 26.9 Å². The summed E-state index contributed by atoms with van der Waals surface area (Å²) in [6.45, 7) is 5.61. The number of fused-ring (bicyclic) bond motifs is 5. The molecule has 2 aromatic rings. The number of aromatic hydroxyl groups is 2. The number of aromatic nitrogens is 1. The van der Waals surface area contributed by atoms with Crippen LogP contribution in [0.25, 0.3) is 5.69 Å². The number of carbonyl (C=O) groups is 1. The first-order chi connectivity index (χ1) is 14.8. The molecule has 4 rings (SSSR count). The molecule has 2 bridgehead atoms. The van der Waals surface area contributed by atoms with E-state index in [4.69, 9.17) is 10.00 Å². The van der Waals surface area contributed by atoms with Crippen LogP contribution < -0.4 is 0 Å². The van der Waals surface area contributed by atoms with Crippen LogP contribution in [0.1, 0.15) is 49.4 Å². The maximum Gasteiger partial charge on any atom is 0.417 e. The fourth-order valence-corrected chi connectivity index (χ4v) is 5.05. The predicted octanol–water partition coefficient (Wildman–Crippen LogP) is 3.74. The summed E-state index contributed by atoms with van der Waals surface area (Å²) >= 11 is 0. The lowest BCUT2D eigenvalue weighted by Gasteiger charge is -2.31. The molecule has 0 spiro atoms. The molecule has 2 aliphatic rings. The Hall–Kier alpha value is -3.19. The first kappa shape index (κ1) is 22.0. The van der Waals surface area contributed by atoms with E-state index >= 15 is 0 Å². The Balaban J connectivity index is 1.91. The molecule has 1 aromatic carbocycles. The lowest BCUT2D eigenvalue weighted by atomic mass is 9.72. The fourth-order valence-electron chi connectivity index (χ4n) is 5.05. The second-order valence-electron chi connectivity index (χ2n) is 8.62. The number of benzene rings is 1. The smallest absolute Gasteiger partial charge is 0.417 e.